The van der Waals surface area contributed by atoms with Crippen LogP contribution >= 0.6 is 11.6 Å². The second-order valence-electron chi connectivity index (χ2n) is 5.10. The second-order valence-corrected chi connectivity index (χ2v) is 5.47. The van der Waals surface area contributed by atoms with Crippen LogP contribution < -0.4 is 14.2 Å². The van der Waals surface area contributed by atoms with Crippen molar-refractivity contribution < 1.29 is 19.0 Å². The Kier molecular flexibility index (Phi) is 5.88. The molecular formula is C18H19ClO4. The maximum Gasteiger partial charge on any atom is 0.161 e. The zero-order valence-corrected chi connectivity index (χ0v) is 14.1. The Hall–Kier alpha value is -2.20. The summed E-state index contributed by atoms with van der Waals surface area (Å²) in [6.45, 7) is 4.63. The minimum atomic E-state index is 0.359. The molecule has 0 atom stereocenters. The Balaban J connectivity index is 1.92. The summed E-state index contributed by atoms with van der Waals surface area (Å²) in [6, 6.07) is 8.81. The van der Waals surface area contributed by atoms with Crippen molar-refractivity contribution >= 4 is 17.9 Å². The normalized spacial score (nSPS) is 10.3. The number of benzene rings is 2. The van der Waals surface area contributed by atoms with Gasteiger partial charge in [-0.25, -0.2) is 0 Å². The fraction of sp³-hybridized carbons (Fsp3) is 0.278. The number of halogens is 1. The quantitative estimate of drug-likeness (QED) is 0.561. The minimum Gasteiger partial charge on any atom is -0.493 e. The fourth-order valence-electron chi connectivity index (χ4n) is 2.18. The monoisotopic (exact) mass is 334 g/mol. The van der Waals surface area contributed by atoms with Crippen molar-refractivity contribution in [3.05, 3.63) is 52.0 Å². The first kappa shape index (κ1) is 17.2. The summed E-state index contributed by atoms with van der Waals surface area (Å²) >= 11 is 6.13. The van der Waals surface area contributed by atoms with Crippen LogP contribution in [0.5, 0.6) is 17.2 Å². The Labute approximate surface area is 140 Å². The number of methoxy groups -OCH3 is 1. The lowest BCUT2D eigenvalue weighted by atomic mass is 10.1. The van der Waals surface area contributed by atoms with Gasteiger partial charge in [0.25, 0.3) is 0 Å². The number of hydrogen-bond acceptors (Lipinski definition) is 4. The molecule has 0 spiro atoms. The third-order valence-corrected chi connectivity index (χ3v) is 3.94. The predicted molar refractivity (Wildman–Crippen MR) is 90.3 cm³/mol. The Morgan fingerprint density at radius 1 is 1.00 bits per heavy atom. The number of rotatable bonds is 7. The first-order valence-corrected chi connectivity index (χ1v) is 7.58. The summed E-state index contributed by atoms with van der Waals surface area (Å²) in [5.41, 5.74) is 2.50. The molecule has 0 amide bonds. The van der Waals surface area contributed by atoms with Gasteiger partial charge in [0.1, 0.15) is 25.2 Å². The van der Waals surface area contributed by atoms with Crippen molar-refractivity contribution in [1.29, 1.82) is 0 Å². The van der Waals surface area contributed by atoms with E-state index < -0.39 is 0 Å². The van der Waals surface area contributed by atoms with Gasteiger partial charge in [0, 0.05) is 10.6 Å². The van der Waals surface area contributed by atoms with Crippen LogP contribution in [0.1, 0.15) is 21.5 Å². The molecule has 5 heteroatoms. The fourth-order valence-corrected chi connectivity index (χ4v) is 2.29. The Morgan fingerprint density at radius 3 is 2.26 bits per heavy atom. The van der Waals surface area contributed by atoms with E-state index in [9.17, 15) is 4.79 Å². The van der Waals surface area contributed by atoms with Gasteiger partial charge in [-0.3, -0.25) is 4.79 Å². The van der Waals surface area contributed by atoms with Crippen LogP contribution in [-0.2, 0) is 0 Å². The van der Waals surface area contributed by atoms with Crippen LogP contribution in [0.15, 0.2) is 30.3 Å². The molecule has 4 nitrogen and oxygen atoms in total. The van der Waals surface area contributed by atoms with Crippen LogP contribution in [0, 0.1) is 13.8 Å². The van der Waals surface area contributed by atoms with E-state index in [0.717, 1.165) is 28.2 Å². The highest BCUT2D eigenvalue weighted by atomic mass is 35.5. The molecule has 0 bridgehead atoms. The standard InChI is InChI=1S/C18H19ClO4/c1-12-8-15(9-13(2)18(12)19)22-6-7-23-16-5-4-14(11-20)10-17(16)21-3/h4-5,8-11H,6-7H2,1-3H3. The van der Waals surface area contributed by atoms with Crippen LogP contribution in [-0.4, -0.2) is 26.6 Å². The molecule has 0 heterocycles. The van der Waals surface area contributed by atoms with Gasteiger partial charge >= 0.3 is 0 Å². The minimum absolute atomic E-state index is 0.359. The van der Waals surface area contributed by atoms with Crippen molar-refractivity contribution in [3.8, 4) is 17.2 Å². The van der Waals surface area contributed by atoms with Crippen molar-refractivity contribution in [2.24, 2.45) is 0 Å². The van der Waals surface area contributed by atoms with E-state index in [1.54, 1.807) is 18.2 Å². The molecule has 0 radical (unpaired) electrons. The topological polar surface area (TPSA) is 44.8 Å². The van der Waals surface area contributed by atoms with Crippen LogP contribution in [0.4, 0.5) is 0 Å². The first-order chi connectivity index (χ1) is 11.0. The van der Waals surface area contributed by atoms with E-state index in [1.165, 1.54) is 7.11 Å². The van der Waals surface area contributed by atoms with Crippen LogP contribution in [0.3, 0.4) is 0 Å². The maximum atomic E-state index is 10.8. The number of carbonyl (C=O) groups is 1. The van der Waals surface area contributed by atoms with E-state index in [2.05, 4.69) is 0 Å². The van der Waals surface area contributed by atoms with E-state index >= 15 is 0 Å². The highest BCUT2D eigenvalue weighted by molar-refractivity contribution is 6.32. The average Bonchev–Trinajstić information content (AvgIpc) is 2.56. The van der Waals surface area contributed by atoms with E-state index in [0.29, 0.717) is 30.3 Å². The number of hydrogen-bond donors (Lipinski definition) is 0. The molecule has 2 rings (SSSR count). The van der Waals surface area contributed by atoms with Gasteiger partial charge < -0.3 is 14.2 Å². The third-order valence-electron chi connectivity index (χ3n) is 3.34. The lowest BCUT2D eigenvalue weighted by molar-refractivity contribution is 0.112. The predicted octanol–water partition coefficient (Wildman–Crippen LogP) is 4.24. The first-order valence-electron chi connectivity index (χ1n) is 7.20. The second kappa shape index (κ2) is 7.88. The summed E-state index contributed by atoms with van der Waals surface area (Å²) in [5.74, 6) is 1.86. The van der Waals surface area contributed by atoms with Crippen molar-refractivity contribution in [2.45, 2.75) is 13.8 Å². The molecule has 2 aromatic rings. The average molecular weight is 335 g/mol. The number of ether oxygens (including phenoxy) is 3. The van der Waals surface area contributed by atoms with Gasteiger partial charge in [-0.1, -0.05) is 11.6 Å². The molecule has 0 aromatic heterocycles. The van der Waals surface area contributed by atoms with Gasteiger partial charge in [0.2, 0.25) is 0 Å². The summed E-state index contributed by atoms with van der Waals surface area (Å²) in [6.07, 6.45) is 0.764. The highest BCUT2D eigenvalue weighted by Crippen LogP contribution is 2.28. The van der Waals surface area contributed by atoms with Crippen molar-refractivity contribution in [2.75, 3.05) is 20.3 Å². The molecule has 0 aliphatic carbocycles. The molecule has 0 saturated heterocycles. The van der Waals surface area contributed by atoms with Crippen LogP contribution in [0.25, 0.3) is 0 Å². The SMILES string of the molecule is COc1cc(C=O)ccc1OCCOc1cc(C)c(Cl)c(C)c1. The molecular weight excluding hydrogens is 316 g/mol. The third kappa shape index (κ3) is 4.39. The number of aryl methyl sites for hydroxylation is 2. The number of carbonyl (C=O) groups excluding carboxylic acids is 1. The zero-order valence-electron chi connectivity index (χ0n) is 13.4. The Bertz CT molecular complexity index is 674. The molecule has 0 fully saturated rings. The van der Waals surface area contributed by atoms with Gasteiger partial charge in [0.15, 0.2) is 11.5 Å². The highest BCUT2D eigenvalue weighted by Gasteiger charge is 2.07. The summed E-state index contributed by atoms with van der Waals surface area (Å²) < 4.78 is 16.5. The molecule has 0 saturated carbocycles. The summed E-state index contributed by atoms with van der Waals surface area (Å²) in [7, 11) is 1.53. The molecule has 23 heavy (non-hydrogen) atoms. The summed E-state index contributed by atoms with van der Waals surface area (Å²) in [5, 5.41) is 0.758. The van der Waals surface area contributed by atoms with Gasteiger partial charge in [-0.2, -0.15) is 0 Å². The number of aldehydes is 1. The smallest absolute Gasteiger partial charge is 0.161 e. The molecule has 0 unspecified atom stereocenters. The molecule has 0 aliphatic rings. The van der Waals surface area contributed by atoms with Crippen molar-refractivity contribution in [1.82, 2.24) is 0 Å². The van der Waals surface area contributed by atoms with Gasteiger partial charge in [-0.15, -0.1) is 0 Å². The van der Waals surface area contributed by atoms with E-state index in [-0.39, 0.29) is 0 Å². The molecule has 0 N–H and O–H groups in total. The van der Waals surface area contributed by atoms with Crippen LogP contribution in [0.2, 0.25) is 5.02 Å². The lowest BCUT2D eigenvalue weighted by Gasteiger charge is -2.13. The van der Waals surface area contributed by atoms with Gasteiger partial charge in [0.05, 0.1) is 7.11 Å². The summed E-state index contributed by atoms with van der Waals surface area (Å²) in [4.78, 5) is 10.8. The molecule has 2 aromatic carbocycles. The zero-order chi connectivity index (χ0) is 16.8. The largest absolute Gasteiger partial charge is 0.493 e. The molecule has 0 aliphatic heterocycles. The van der Waals surface area contributed by atoms with E-state index in [4.69, 9.17) is 25.8 Å². The maximum absolute atomic E-state index is 10.8. The van der Waals surface area contributed by atoms with Crippen molar-refractivity contribution in [3.63, 3.8) is 0 Å². The molecule has 122 valence electrons. The van der Waals surface area contributed by atoms with E-state index in [1.807, 2.05) is 26.0 Å². The Morgan fingerprint density at radius 2 is 1.65 bits per heavy atom. The lowest BCUT2D eigenvalue weighted by Crippen LogP contribution is -2.10. The van der Waals surface area contributed by atoms with Gasteiger partial charge in [-0.05, 0) is 55.3 Å².